The summed E-state index contributed by atoms with van der Waals surface area (Å²) in [6, 6.07) is 2.28. The van der Waals surface area contributed by atoms with Gasteiger partial charge in [-0.15, -0.1) is 0 Å². The summed E-state index contributed by atoms with van der Waals surface area (Å²) in [5.41, 5.74) is 0. The topological polar surface area (TPSA) is 43.4 Å². The summed E-state index contributed by atoms with van der Waals surface area (Å²) in [5.74, 6) is 1.21. The number of hydrogen-bond acceptors (Lipinski definition) is 5. The van der Waals surface area contributed by atoms with Crippen molar-refractivity contribution >= 4 is 11.5 Å². The van der Waals surface area contributed by atoms with Gasteiger partial charge in [0.05, 0.1) is 7.11 Å². The van der Waals surface area contributed by atoms with Gasteiger partial charge >= 0.3 is 0 Å². The van der Waals surface area contributed by atoms with Crippen molar-refractivity contribution in [2.75, 3.05) is 27.4 Å². The van der Waals surface area contributed by atoms with Gasteiger partial charge in [0.25, 0.3) is 0 Å². The molecule has 92 valence electrons. The maximum Gasteiger partial charge on any atom is 0.225 e. The number of aromatic nitrogens is 1. The Morgan fingerprint density at radius 1 is 1.44 bits per heavy atom. The monoisotopic (exact) mass is 244 g/mol. The average Bonchev–Trinajstić information content (AvgIpc) is 2.75. The minimum Gasteiger partial charge on any atom is -0.480 e. The molecule has 1 aromatic rings. The van der Waals surface area contributed by atoms with E-state index >= 15 is 0 Å². The number of hydrogen-bond donors (Lipinski definition) is 1. The summed E-state index contributed by atoms with van der Waals surface area (Å²) in [4.78, 5) is 1.20. The molecule has 5 heteroatoms. The lowest BCUT2D eigenvalue weighted by atomic mass is 10.2. The van der Waals surface area contributed by atoms with Crippen LogP contribution in [-0.2, 0) is 4.74 Å². The second-order valence-electron chi connectivity index (χ2n) is 3.96. The van der Waals surface area contributed by atoms with Crippen LogP contribution >= 0.6 is 11.5 Å². The smallest absolute Gasteiger partial charge is 0.225 e. The molecule has 1 N–H and O–H groups in total. The van der Waals surface area contributed by atoms with Crippen LogP contribution in [0.25, 0.3) is 0 Å². The number of nitrogens with one attached hydrogen (secondary N) is 1. The second-order valence-corrected chi connectivity index (χ2v) is 4.80. The van der Waals surface area contributed by atoms with Crippen molar-refractivity contribution in [1.29, 1.82) is 0 Å². The van der Waals surface area contributed by atoms with Crippen molar-refractivity contribution in [1.82, 2.24) is 9.69 Å². The quantitative estimate of drug-likeness (QED) is 0.797. The molecule has 0 aromatic carbocycles. The fourth-order valence-electron chi connectivity index (χ4n) is 1.39. The summed E-state index contributed by atoms with van der Waals surface area (Å²) in [7, 11) is 3.37. The highest BCUT2D eigenvalue weighted by Gasteiger charge is 2.11. The molecule has 1 aromatic heterocycles. The van der Waals surface area contributed by atoms with Crippen molar-refractivity contribution in [3.63, 3.8) is 0 Å². The van der Waals surface area contributed by atoms with Crippen LogP contribution in [-0.4, -0.2) is 31.7 Å². The molecule has 2 atom stereocenters. The largest absolute Gasteiger partial charge is 0.480 e. The van der Waals surface area contributed by atoms with E-state index in [9.17, 15) is 0 Å². The van der Waals surface area contributed by atoms with E-state index in [1.807, 2.05) is 6.07 Å². The zero-order chi connectivity index (χ0) is 12.0. The van der Waals surface area contributed by atoms with E-state index in [1.54, 1.807) is 14.2 Å². The van der Waals surface area contributed by atoms with E-state index in [1.165, 1.54) is 16.4 Å². The first-order valence-electron chi connectivity index (χ1n) is 5.40. The summed E-state index contributed by atoms with van der Waals surface area (Å²) >= 11 is 1.48. The number of rotatable bonds is 7. The van der Waals surface area contributed by atoms with Crippen LogP contribution in [0.1, 0.15) is 24.8 Å². The predicted molar refractivity (Wildman–Crippen MR) is 66.1 cm³/mol. The standard InChI is InChI=1S/C11H20N2O2S/c1-8(7-14-3)6-12-9(2)10-5-11(15-4)13-16-10/h5,8-9,12H,6-7H2,1-4H3. The maximum absolute atomic E-state index is 5.09. The van der Waals surface area contributed by atoms with Crippen LogP contribution in [0.3, 0.4) is 0 Å². The van der Waals surface area contributed by atoms with Gasteiger partial charge < -0.3 is 14.8 Å². The maximum atomic E-state index is 5.09. The Hall–Kier alpha value is -0.650. The molecule has 0 bridgehead atoms. The third-order valence-electron chi connectivity index (χ3n) is 2.37. The van der Waals surface area contributed by atoms with E-state index in [0.29, 0.717) is 17.8 Å². The van der Waals surface area contributed by atoms with Crippen molar-refractivity contribution in [2.45, 2.75) is 19.9 Å². The summed E-state index contributed by atoms with van der Waals surface area (Å²) in [5, 5.41) is 3.46. The van der Waals surface area contributed by atoms with Gasteiger partial charge in [0.15, 0.2) is 0 Å². The van der Waals surface area contributed by atoms with E-state index in [-0.39, 0.29) is 0 Å². The van der Waals surface area contributed by atoms with Crippen LogP contribution in [0.15, 0.2) is 6.07 Å². The van der Waals surface area contributed by atoms with Crippen molar-refractivity contribution in [3.8, 4) is 5.88 Å². The lowest BCUT2D eigenvalue weighted by Gasteiger charge is -2.15. The Morgan fingerprint density at radius 2 is 2.19 bits per heavy atom. The van der Waals surface area contributed by atoms with Gasteiger partial charge in [-0.1, -0.05) is 6.92 Å². The molecule has 0 spiro atoms. The molecule has 0 amide bonds. The molecule has 2 unspecified atom stereocenters. The first kappa shape index (κ1) is 13.4. The molecule has 0 aliphatic carbocycles. The van der Waals surface area contributed by atoms with Gasteiger partial charge in [-0.25, -0.2) is 0 Å². The van der Waals surface area contributed by atoms with Gasteiger partial charge in [-0.2, -0.15) is 4.37 Å². The molecular formula is C11H20N2O2S. The number of methoxy groups -OCH3 is 2. The average molecular weight is 244 g/mol. The Balaban J connectivity index is 2.37. The summed E-state index contributed by atoms with van der Waals surface area (Å²) in [6.45, 7) is 6.02. The van der Waals surface area contributed by atoms with Gasteiger partial charge in [0.2, 0.25) is 5.88 Å². The fourth-order valence-corrected chi connectivity index (χ4v) is 2.11. The predicted octanol–water partition coefficient (Wildman–Crippen LogP) is 2.08. The number of ether oxygens (including phenoxy) is 2. The first-order valence-corrected chi connectivity index (χ1v) is 6.17. The Morgan fingerprint density at radius 3 is 2.75 bits per heavy atom. The zero-order valence-corrected chi connectivity index (χ0v) is 11.1. The highest BCUT2D eigenvalue weighted by molar-refractivity contribution is 7.06. The molecule has 16 heavy (non-hydrogen) atoms. The van der Waals surface area contributed by atoms with Crippen molar-refractivity contribution < 1.29 is 9.47 Å². The molecular weight excluding hydrogens is 224 g/mol. The Bertz CT molecular complexity index is 304. The normalized spacial score (nSPS) is 14.8. The van der Waals surface area contributed by atoms with E-state index in [0.717, 1.165) is 13.2 Å². The second kappa shape index (κ2) is 6.83. The van der Waals surface area contributed by atoms with Gasteiger partial charge in [0, 0.05) is 37.2 Å². The molecule has 1 rings (SSSR count). The highest BCUT2D eigenvalue weighted by Crippen LogP contribution is 2.22. The van der Waals surface area contributed by atoms with Crippen LogP contribution in [0.4, 0.5) is 0 Å². The molecule has 0 saturated carbocycles. The molecule has 0 aliphatic heterocycles. The fraction of sp³-hybridized carbons (Fsp3) is 0.727. The number of nitrogens with zero attached hydrogens (tertiary/aromatic N) is 1. The minimum atomic E-state index is 0.306. The zero-order valence-electron chi connectivity index (χ0n) is 10.3. The van der Waals surface area contributed by atoms with Gasteiger partial charge in [-0.05, 0) is 24.4 Å². The van der Waals surface area contributed by atoms with Gasteiger partial charge in [-0.3, -0.25) is 0 Å². The first-order chi connectivity index (χ1) is 7.67. The van der Waals surface area contributed by atoms with E-state index < -0.39 is 0 Å². The third kappa shape index (κ3) is 4.08. The van der Waals surface area contributed by atoms with Crippen molar-refractivity contribution in [3.05, 3.63) is 10.9 Å². The molecule has 4 nitrogen and oxygen atoms in total. The SMILES string of the molecule is COCC(C)CNC(C)c1cc(OC)ns1. The molecule has 0 radical (unpaired) electrons. The summed E-state index contributed by atoms with van der Waals surface area (Å²) in [6.07, 6.45) is 0. The van der Waals surface area contributed by atoms with Crippen LogP contribution in [0.5, 0.6) is 5.88 Å². The van der Waals surface area contributed by atoms with Crippen molar-refractivity contribution in [2.24, 2.45) is 5.92 Å². The van der Waals surface area contributed by atoms with Crippen LogP contribution < -0.4 is 10.1 Å². The molecule has 0 aliphatic rings. The van der Waals surface area contributed by atoms with Crippen LogP contribution in [0, 0.1) is 5.92 Å². The highest BCUT2D eigenvalue weighted by atomic mass is 32.1. The summed E-state index contributed by atoms with van der Waals surface area (Å²) < 4.78 is 14.3. The van der Waals surface area contributed by atoms with Crippen LogP contribution in [0.2, 0.25) is 0 Å². The third-order valence-corrected chi connectivity index (χ3v) is 3.32. The Labute approximate surface area is 101 Å². The van der Waals surface area contributed by atoms with Gasteiger partial charge in [0.1, 0.15) is 0 Å². The lowest BCUT2D eigenvalue weighted by molar-refractivity contribution is 0.157. The lowest BCUT2D eigenvalue weighted by Crippen LogP contribution is -2.26. The molecule has 0 fully saturated rings. The Kier molecular flexibility index (Phi) is 5.73. The minimum absolute atomic E-state index is 0.306. The van der Waals surface area contributed by atoms with E-state index in [4.69, 9.17) is 9.47 Å². The molecule has 0 saturated heterocycles. The van der Waals surface area contributed by atoms with E-state index in [2.05, 4.69) is 23.5 Å². The molecule has 1 heterocycles.